The van der Waals surface area contributed by atoms with Gasteiger partial charge in [-0.15, -0.1) is 0 Å². The van der Waals surface area contributed by atoms with E-state index >= 15 is 0 Å². The second kappa shape index (κ2) is 6.32. The summed E-state index contributed by atoms with van der Waals surface area (Å²) in [5, 5.41) is 14.5. The first-order valence-corrected chi connectivity index (χ1v) is 8.61. The van der Waals surface area contributed by atoms with Crippen molar-refractivity contribution in [1.82, 2.24) is 14.8 Å². The van der Waals surface area contributed by atoms with Gasteiger partial charge in [0.05, 0.1) is 20.9 Å². The fraction of sp³-hybridized carbons (Fsp3) is 0.0667. The number of benzene rings is 2. The van der Waals surface area contributed by atoms with E-state index in [-0.39, 0.29) is 10.6 Å². The van der Waals surface area contributed by atoms with E-state index in [2.05, 4.69) is 19.9 Å². The van der Waals surface area contributed by atoms with Crippen LogP contribution in [0.25, 0.3) is 11.0 Å². The topological polar surface area (TPSA) is 130 Å². The van der Waals surface area contributed by atoms with Crippen molar-refractivity contribution in [2.45, 2.75) is 11.8 Å². The summed E-state index contributed by atoms with van der Waals surface area (Å²) in [6, 6.07) is 11.9. The highest BCUT2D eigenvalue weighted by Crippen LogP contribution is 2.16. The molecule has 10 heteroatoms. The third-order valence-electron chi connectivity index (χ3n) is 3.42. The maximum Gasteiger partial charge on any atom is 0.276 e. The molecule has 2 aromatic carbocycles. The van der Waals surface area contributed by atoms with Crippen LogP contribution in [0.5, 0.6) is 0 Å². The third kappa shape index (κ3) is 3.48. The van der Waals surface area contributed by atoms with Gasteiger partial charge >= 0.3 is 0 Å². The van der Waals surface area contributed by atoms with Crippen LogP contribution in [0.2, 0.25) is 0 Å². The molecule has 0 atom stereocenters. The molecule has 0 spiro atoms. The molecule has 0 radical (unpaired) electrons. The van der Waals surface area contributed by atoms with Crippen molar-refractivity contribution in [1.29, 1.82) is 0 Å². The highest BCUT2D eigenvalue weighted by atomic mass is 32.2. The summed E-state index contributed by atoms with van der Waals surface area (Å²) in [5.74, 6) is 0.438. The van der Waals surface area contributed by atoms with E-state index in [0.717, 1.165) is 35.3 Å². The molecule has 1 heterocycles. The summed E-state index contributed by atoms with van der Waals surface area (Å²) in [7, 11) is -3.94. The molecule has 0 bridgehead atoms. The van der Waals surface area contributed by atoms with Crippen LogP contribution in [0.15, 0.2) is 58.5 Å². The molecule has 2 N–H and O–H groups in total. The number of aromatic amines is 1. The summed E-state index contributed by atoms with van der Waals surface area (Å²) in [4.78, 5) is 19.3. The lowest BCUT2D eigenvalue weighted by Crippen LogP contribution is -2.20. The summed E-state index contributed by atoms with van der Waals surface area (Å²) < 4.78 is 24.4. The number of non-ortho nitro benzene ring substituents is 1. The number of fused-ring (bicyclic) bond motifs is 1. The van der Waals surface area contributed by atoms with E-state index in [1.165, 1.54) is 0 Å². The smallest absolute Gasteiger partial charge is 0.276 e. The van der Waals surface area contributed by atoms with E-state index in [1.54, 1.807) is 6.92 Å². The Labute approximate surface area is 142 Å². The van der Waals surface area contributed by atoms with Gasteiger partial charge < -0.3 is 4.98 Å². The lowest BCUT2D eigenvalue weighted by atomic mass is 10.3. The highest BCUT2D eigenvalue weighted by molar-refractivity contribution is 7.89. The van der Waals surface area contributed by atoms with Crippen LogP contribution in [0.1, 0.15) is 12.7 Å². The normalized spacial score (nSPS) is 12.3. The van der Waals surface area contributed by atoms with Gasteiger partial charge in [-0.05, 0) is 31.2 Å². The number of hydrogen-bond acceptors (Lipinski definition) is 6. The van der Waals surface area contributed by atoms with Gasteiger partial charge in [0.1, 0.15) is 5.71 Å². The minimum Gasteiger partial charge on any atom is -0.337 e. The zero-order valence-corrected chi connectivity index (χ0v) is 13.8. The van der Waals surface area contributed by atoms with Gasteiger partial charge in [0.2, 0.25) is 0 Å². The molecule has 9 nitrogen and oxygen atoms in total. The number of aromatic nitrogens is 2. The number of nitrogens with one attached hydrogen (secondary N) is 2. The predicted molar refractivity (Wildman–Crippen MR) is 91.7 cm³/mol. The number of hydrazone groups is 1. The molecule has 0 saturated heterocycles. The van der Waals surface area contributed by atoms with Gasteiger partial charge in [-0.25, -0.2) is 4.98 Å². The number of nitro groups is 1. The van der Waals surface area contributed by atoms with Crippen LogP contribution in [0.3, 0.4) is 0 Å². The van der Waals surface area contributed by atoms with Crippen LogP contribution in [0, 0.1) is 10.1 Å². The number of hydrogen-bond donors (Lipinski definition) is 2. The van der Waals surface area contributed by atoms with Crippen molar-refractivity contribution in [3.05, 3.63) is 64.5 Å². The molecular formula is C15H13N5O4S. The Bertz CT molecular complexity index is 1040. The van der Waals surface area contributed by atoms with Gasteiger partial charge in [0, 0.05) is 12.1 Å². The largest absolute Gasteiger partial charge is 0.337 e. The fourth-order valence-electron chi connectivity index (χ4n) is 2.11. The predicted octanol–water partition coefficient (Wildman–Crippen LogP) is 2.17. The fourth-order valence-corrected chi connectivity index (χ4v) is 2.96. The number of imidazole rings is 1. The molecule has 0 fully saturated rings. The lowest BCUT2D eigenvalue weighted by Gasteiger charge is -2.04. The first-order chi connectivity index (χ1) is 11.9. The third-order valence-corrected chi connectivity index (χ3v) is 4.65. The molecule has 25 heavy (non-hydrogen) atoms. The Morgan fingerprint density at radius 3 is 2.52 bits per heavy atom. The van der Waals surface area contributed by atoms with Crippen LogP contribution in [-0.4, -0.2) is 29.0 Å². The quantitative estimate of drug-likeness (QED) is 0.409. The van der Waals surface area contributed by atoms with E-state index in [0.29, 0.717) is 11.5 Å². The van der Waals surface area contributed by atoms with E-state index in [1.807, 2.05) is 24.3 Å². The van der Waals surface area contributed by atoms with Gasteiger partial charge in [0.25, 0.3) is 15.7 Å². The summed E-state index contributed by atoms with van der Waals surface area (Å²) in [6.07, 6.45) is 0. The number of H-pyrrole nitrogens is 1. The molecular weight excluding hydrogens is 346 g/mol. The molecule has 3 aromatic rings. The second-order valence-electron chi connectivity index (χ2n) is 5.15. The van der Waals surface area contributed by atoms with Gasteiger partial charge in [-0.3, -0.25) is 10.1 Å². The zero-order valence-electron chi connectivity index (χ0n) is 13.0. The Kier molecular flexibility index (Phi) is 4.19. The second-order valence-corrected chi connectivity index (χ2v) is 6.81. The monoisotopic (exact) mass is 359 g/mol. The highest BCUT2D eigenvalue weighted by Gasteiger charge is 2.15. The van der Waals surface area contributed by atoms with Gasteiger partial charge in [-0.2, -0.15) is 18.4 Å². The number of rotatable bonds is 5. The summed E-state index contributed by atoms with van der Waals surface area (Å²) >= 11 is 0. The maximum absolute atomic E-state index is 12.2. The van der Waals surface area contributed by atoms with Crippen LogP contribution in [0.4, 0.5) is 5.69 Å². The molecule has 0 saturated carbocycles. The maximum atomic E-state index is 12.2. The van der Waals surface area contributed by atoms with Gasteiger partial charge in [0.15, 0.2) is 5.82 Å². The Morgan fingerprint density at radius 1 is 1.20 bits per heavy atom. The average Bonchev–Trinajstić information content (AvgIpc) is 3.04. The Morgan fingerprint density at radius 2 is 1.88 bits per heavy atom. The number of nitrogens with zero attached hydrogens (tertiary/aromatic N) is 3. The van der Waals surface area contributed by atoms with Crippen LogP contribution >= 0.6 is 0 Å². The average molecular weight is 359 g/mol. The van der Waals surface area contributed by atoms with E-state index in [9.17, 15) is 18.5 Å². The van der Waals surface area contributed by atoms with Crippen molar-refractivity contribution in [2.24, 2.45) is 5.10 Å². The number of para-hydroxylation sites is 2. The van der Waals surface area contributed by atoms with Crippen molar-refractivity contribution in [3.8, 4) is 0 Å². The molecule has 0 aliphatic heterocycles. The molecule has 0 aliphatic carbocycles. The minimum absolute atomic E-state index is 0.126. The van der Waals surface area contributed by atoms with Crippen molar-refractivity contribution in [2.75, 3.05) is 0 Å². The molecule has 0 unspecified atom stereocenters. The van der Waals surface area contributed by atoms with Crippen molar-refractivity contribution in [3.63, 3.8) is 0 Å². The van der Waals surface area contributed by atoms with Crippen molar-refractivity contribution >= 4 is 32.5 Å². The SMILES string of the molecule is C/C(=N\NS(=O)(=O)c1ccc([N+](=O)[O-])cc1)c1nc2ccccc2[nH]1. The first-order valence-electron chi connectivity index (χ1n) is 7.12. The lowest BCUT2D eigenvalue weighted by molar-refractivity contribution is -0.384. The first kappa shape index (κ1) is 16.6. The number of nitro benzene ring substituents is 1. The molecule has 0 amide bonds. The molecule has 1 aromatic heterocycles. The van der Waals surface area contributed by atoms with E-state index in [4.69, 9.17) is 0 Å². The standard InChI is InChI=1S/C15H13N5O4S/c1-10(15-16-13-4-2-3-5-14(13)17-15)18-19-25(23,24)12-8-6-11(7-9-12)20(21)22/h2-9,19H,1H3,(H,16,17)/b18-10+. The summed E-state index contributed by atoms with van der Waals surface area (Å²) in [6.45, 7) is 1.61. The molecule has 0 aliphatic rings. The van der Waals surface area contributed by atoms with Crippen LogP contribution in [-0.2, 0) is 10.0 Å². The summed E-state index contributed by atoms with van der Waals surface area (Å²) in [5.41, 5.74) is 1.71. The van der Waals surface area contributed by atoms with Crippen molar-refractivity contribution < 1.29 is 13.3 Å². The molecule has 3 rings (SSSR count). The van der Waals surface area contributed by atoms with Crippen LogP contribution < -0.4 is 4.83 Å². The Balaban J connectivity index is 1.82. The molecule has 128 valence electrons. The number of sulfonamides is 1. The minimum atomic E-state index is -3.94. The Hall–Kier alpha value is -3.27. The van der Waals surface area contributed by atoms with E-state index < -0.39 is 14.9 Å². The zero-order chi connectivity index (χ0) is 18.0. The van der Waals surface area contributed by atoms with Gasteiger partial charge in [-0.1, -0.05) is 12.1 Å².